The third kappa shape index (κ3) is 10.8. The van der Waals surface area contributed by atoms with Crippen molar-refractivity contribution in [1.29, 1.82) is 0 Å². The standard InChI is InChI=1S/H4N2O8S3.Na.H/c1-11(3,4)9-13(7,8)10-12(2,5)6;;/h(H2,1,3,4)(H2,2,5,6);;. The molecular weight excluding hydrogens is 275 g/mol. The third-order valence-electron chi connectivity index (χ3n) is 0.356. The van der Waals surface area contributed by atoms with E-state index in [2.05, 4.69) is 17.5 Å². The molecule has 4 N–H and O–H groups in total. The Morgan fingerprint density at radius 1 is 0.714 bits per heavy atom. The molecule has 0 fully saturated rings. The van der Waals surface area contributed by atoms with Crippen LogP contribution in [0, 0.1) is 0 Å². The summed E-state index contributed by atoms with van der Waals surface area (Å²) in [5.41, 5.74) is 0. The van der Waals surface area contributed by atoms with Crippen LogP contribution in [-0.2, 0) is 38.3 Å². The molecule has 14 heavy (non-hydrogen) atoms. The van der Waals surface area contributed by atoms with Crippen molar-refractivity contribution in [3.63, 3.8) is 0 Å². The molecule has 0 atom stereocenters. The minimum atomic E-state index is -5.32. The molecule has 0 amide bonds. The molecule has 0 aliphatic rings. The summed E-state index contributed by atoms with van der Waals surface area (Å²) in [4.78, 5) is 0. The Morgan fingerprint density at radius 2 is 0.929 bits per heavy atom. The summed E-state index contributed by atoms with van der Waals surface area (Å²) in [6.45, 7) is 0. The Morgan fingerprint density at radius 3 is 1.07 bits per heavy atom. The van der Waals surface area contributed by atoms with Crippen molar-refractivity contribution >= 4 is 60.6 Å². The number of nitrogens with two attached hydrogens (primary N) is 2. The summed E-state index contributed by atoms with van der Waals surface area (Å²) in [5, 5.41) is 8.19. The van der Waals surface area contributed by atoms with Crippen LogP contribution >= 0.6 is 0 Å². The topological polar surface area (TPSA) is 173 Å². The monoisotopic (exact) mass is 280 g/mol. The average molecular weight is 280 g/mol. The maximum absolute atomic E-state index is 10.3. The zero-order valence-corrected chi connectivity index (χ0v) is 8.09. The molecule has 0 aliphatic heterocycles. The number of hydrogen-bond acceptors (Lipinski definition) is 8. The average Bonchev–Trinajstić information content (AvgIpc) is 1.43. The van der Waals surface area contributed by atoms with Gasteiger partial charge >= 0.3 is 60.6 Å². The second-order valence-corrected chi connectivity index (χ2v) is 5.41. The summed E-state index contributed by atoms with van der Waals surface area (Å²) in [5.74, 6) is 0. The van der Waals surface area contributed by atoms with Crippen molar-refractivity contribution < 1.29 is 32.5 Å². The molecule has 82 valence electrons. The van der Waals surface area contributed by atoms with Crippen LogP contribution in [0.3, 0.4) is 0 Å². The van der Waals surface area contributed by atoms with E-state index in [9.17, 15) is 25.3 Å². The molecule has 0 bridgehead atoms. The fraction of sp³-hybridized carbons (Fsp3) is 0. The van der Waals surface area contributed by atoms with E-state index in [4.69, 9.17) is 0 Å². The van der Waals surface area contributed by atoms with Gasteiger partial charge in [0.05, 0.1) is 0 Å². The first-order valence-corrected chi connectivity index (χ1v) is 6.41. The van der Waals surface area contributed by atoms with Crippen LogP contribution in [-0.4, -0.2) is 54.8 Å². The fourth-order valence-corrected chi connectivity index (χ4v) is 2.40. The van der Waals surface area contributed by atoms with Crippen molar-refractivity contribution in [3.05, 3.63) is 0 Å². The molecular formula is H5N2NaO8S3. The van der Waals surface area contributed by atoms with Gasteiger partial charge in [-0.15, -0.1) is 7.26 Å². The molecule has 0 aromatic heterocycles. The van der Waals surface area contributed by atoms with Gasteiger partial charge in [-0.1, -0.05) is 0 Å². The summed E-state index contributed by atoms with van der Waals surface area (Å²) in [6, 6.07) is 0. The van der Waals surface area contributed by atoms with Gasteiger partial charge in [-0.2, -0.15) is 25.3 Å². The van der Waals surface area contributed by atoms with Crippen molar-refractivity contribution in [2.45, 2.75) is 0 Å². The van der Waals surface area contributed by atoms with Crippen LogP contribution in [0.2, 0.25) is 0 Å². The molecule has 0 aromatic rings. The molecule has 0 radical (unpaired) electrons. The Bertz CT molecular complexity index is 427. The van der Waals surface area contributed by atoms with Crippen LogP contribution < -0.4 is 10.3 Å². The van der Waals surface area contributed by atoms with E-state index in [0.717, 1.165) is 0 Å². The van der Waals surface area contributed by atoms with E-state index < -0.39 is 31.0 Å². The van der Waals surface area contributed by atoms with Gasteiger partial charge in [-0.3, -0.25) is 0 Å². The van der Waals surface area contributed by atoms with Gasteiger partial charge in [-0.05, 0) is 0 Å². The minimum absolute atomic E-state index is 0. The quantitative estimate of drug-likeness (QED) is 0.490. The van der Waals surface area contributed by atoms with Gasteiger partial charge in [-0.25, -0.2) is 10.3 Å². The van der Waals surface area contributed by atoms with E-state index in [1.54, 1.807) is 0 Å². The Hall–Kier alpha value is 0.690. The Kier molecular flexibility index (Phi) is 6.29. The summed E-state index contributed by atoms with van der Waals surface area (Å²) >= 11 is 0. The van der Waals surface area contributed by atoms with Crippen LogP contribution in [0.15, 0.2) is 0 Å². The zero-order valence-electron chi connectivity index (χ0n) is 5.65. The normalized spacial score (nSPS) is 13.3. The molecule has 0 saturated heterocycles. The van der Waals surface area contributed by atoms with Crippen LogP contribution in [0.25, 0.3) is 0 Å². The third-order valence-corrected chi connectivity index (χ3v) is 3.21. The molecule has 0 aliphatic carbocycles. The van der Waals surface area contributed by atoms with Crippen molar-refractivity contribution in [3.8, 4) is 0 Å². The first kappa shape index (κ1) is 17.1. The van der Waals surface area contributed by atoms with E-state index in [-0.39, 0.29) is 29.6 Å². The Labute approximate surface area is 103 Å². The van der Waals surface area contributed by atoms with E-state index in [0.29, 0.717) is 0 Å². The van der Waals surface area contributed by atoms with Crippen LogP contribution in [0.1, 0.15) is 0 Å². The molecule has 0 rings (SSSR count). The molecule has 10 nitrogen and oxygen atoms in total. The van der Waals surface area contributed by atoms with Gasteiger partial charge < -0.3 is 0 Å². The summed E-state index contributed by atoms with van der Waals surface area (Å²) in [7, 11) is -15.1. The van der Waals surface area contributed by atoms with Crippen molar-refractivity contribution in [2.24, 2.45) is 10.3 Å². The Balaban J connectivity index is 0. The maximum atomic E-state index is 10.3. The molecule has 14 heteroatoms. The molecule has 0 aromatic carbocycles. The first-order chi connectivity index (χ1) is 5.41. The van der Waals surface area contributed by atoms with Crippen molar-refractivity contribution in [1.82, 2.24) is 0 Å². The summed E-state index contributed by atoms with van der Waals surface area (Å²) < 4.78 is 66.7. The van der Waals surface area contributed by atoms with Gasteiger partial charge in [0.25, 0.3) is 0 Å². The molecule has 0 unspecified atom stereocenters. The van der Waals surface area contributed by atoms with Crippen LogP contribution in [0.4, 0.5) is 0 Å². The predicted molar refractivity (Wildman–Crippen MR) is 44.5 cm³/mol. The van der Waals surface area contributed by atoms with Gasteiger partial charge in [0, 0.05) is 0 Å². The SMILES string of the molecule is NS(=O)(=O)OS(=O)(=O)OS(N)(=O)=O.[NaH]. The molecule has 0 spiro atoms. The van der Waals surface area contributed by atoms with Gasteiger partial charge in [0.2, 0.25) is 0 Å². The second-order valence-electron chi connectivity index (χ2n) is 1.53. The van der Waals surface area contributed by atoms with E-state index in [1.165, 1.54) is 0 Å². The zero-order chi connectivity index (χ0) is 10.9. The van der Waals surface area contributed by atoms with Gasteiger partial charge in [0.15, 0.2) is 0 Å². The number of hydrogen-bond donors (Lipinski definition) is 2. The molecule has 0 saturated carbocycles. The second kappa shape index (κ2) is 5.15. The van der Waals surface area contributed by atoms with E-state index >= 15 is 0 Å². The van der Waals surface area contributed by atoms with Crippen molar-refractivity contribution in [2.75, 3.05) is 0 Å². The first-order valence-electron chi connectivity index (χ1n) is 2.14. The van der Waals surface area contributed by atoms with E-state index in [1.807, 2.05) is 0 Å². The van der Waals surface area contributed by atoms with Crippen LogP contribution in [0.5, 0.6) is 0 Å². The summed E-state index contributed by atoms with van der Waals surface area (Å²) in [6.07, 6.45) is 0. The molecule has 0 heterocycles. The fourth-order valence-electron chi connectivity index (χ4n) is 0.244. The number of rotatable bonds is 4. The predicted octanol–water partition coefficient (Wildman–Crippen LogP) is -3.98. The van der Waals surface area contributed by atoms with Gasteiger partial charge in [0.1, 0.15) is 0 Å².